The summed E-state index contributed by atoms with van der Waals surface area (Å²) in [6, 6.07) is 6.19. The molecule has 0 atom stereocenters. The lowest BCUT2D eigenvalue weighted by Crippen LogP contribution is -2.16. The Balaban J connectivity index is 2.28. The first-order valence-electron chi connectivity index (χ1n) is 4.04. The molecule has 0 spiro atoms. The molecule has 0 saturated carbocycles. The molecule has 1 aliphatic heterocycles. The summed E-state index contributed by atoms with van der Waals surface area (Å²) in [7, 11) is 0. The van der Waals surface area contributed by atoms with Gasteiger partial charge >= 0.3 is 0 Å². The summed E-state index contributed by atoms with van der Waals surface area (Å²) in [5, 5.41) is 8.18. The minimum atomic E-state index is -0.249. The smallest absolute Gasteiger partial charge is 0.180 e. The van der Waals surface area contributed by atoms with Crippen molar-refractivity contribution in [2.75, 3.05) is 5.75 Å². The molecule has 0 aromatic heterocycles. The Bertz CT molecular complexity index is 397. The zero-order valence-electron chi connectivity index (χ0n) is 7.27. The van der Waals surface area contributed by atoms with Crippen molar-refractivity contribution in [2.24, 2.45) is 15.9 Å². The van der Waals surface area contributed by atoms with Crippen molar-refractivity contribution in [1.82, 2.24) is 0 Å². The van der Waals surface area contributed by atoms with Crippen LogP contribution in [0.15, 0.2) is 34.5 Å². The van der Waals surface area contributed by atoms with Crippen LogP contribution in [0.25, 0.3) is 0 Å². The van der Waals surface area contributed by atoms with E-state index in [0.717, 1.165) is 11.3 Å². The SMILES string of the molecule is NC1=NN=C(c2ccc(F)cc2)CS1. The second-order valence-electron chi connectivity index (χ2n) is 2.78. The molecular formula is C9H8FN3S. The molecule has 72 valence electrons. The van der Waals surface area contributed by atoms with E-state index in [1.165, 1.54) is 23.9 Å². The predicted octanol–water partition coefficient (Wildman–Crippen LogP) is 1.59. The molecule has 0 amide bonds. The van der Waals surface area contributed by atoms with E-state index in [1.54, 1.807) is 12.1 Å². The zero-order chi connectivity index (χ0) is 9.97. The van der Waals surface area contributed by atoms with Crippen LogP contribution in [0.1, 0.15) is 5.56 Å². The van der Waals surface area contributed by atoms with Crippen molar-refractivity contribution in [3.63, 3.8) is 0 Å². The van der Waals surface area contributed by atoms with Crippen LogP contribution < -0.4 is 5.73 Å². The Morgan fingerprint density at radius 2 is 1.93 bits per heavy atom. The molecule has 0 aliphatic carbocycles. The summed E-state index contributed by atoms with van der Waals surface area (Å²) in [6.45, 7) is 0. The van der Waals surface area contributed by atoms with Crippen molar-refractivity contribution >= 4 is 22.6 Å². The third-order valence-corrected chi connectivity index (χ3v) is 2.60. The molecule has 0 radical (unpaired) electrons. The van der Waals surface area contributed by atoms with E-state index in [0.29, 0.717) is 10.9 Å². The Kier molecular flexibility index (Phi) is 2.49. The van der Waals surface area contributed by atoms with Gasteiger partial charge in [0.2, 0.25) is 0 Å². The molecule has 2 N–H and O–H groups in total. The number of nitrogens with zero attached hydrogens (tertiary/aromatic N) is 2. The van der Waals surface area contributed by atoms with Gasteiger partial charge < -0.3 is 5.73 Å². The van der Waals surface area contributed by atoms with E-state index < -0.39 is 0 Å². The Hall–Kier alpha value is -1.36. The van der Waals surface area contributed by atoms with Crippen LogP contribution in [0.4, 0.5) is 4.39 Å². The molecular weight excluding hydrogens is 201 g/mol. The molecule has 2 rings (SSSR count). The van der Waals surface area contributed by atoms with Gasteiger partial charge in [0.25, 0.3) is 0 Å². The van der Waals surface area contributed by atoms with Crippen LogP contribution in [0.2, 0.25) is 0 Å². The average molecular weight is 209 g/mol. The molecule has 5 heteroatoms. The minimum absolute atomic E-state index is 0.249. The van der Waals surface area contributed by atoms with Gasteiger partial charge in [0.05, 0.1) is 5.71 Å². The molecule has 0 fully saturated rings. The quantitative estimate of drug-likeness (QED) is 0.763. The summed E-state index contributed by atoms with van der Waals surface area (Å²) in [5.74, 6) is 0.432. The number of thioether (sulfide) groups is 1. The number of hydrogen-bond acceptors (Lipinski definition) is 4. The monoisotopic (exact) mass is 209 g/mol. The average Bonchev–Trinajstić information content (AvgIpc) is 2.21. The largest absolute Gasteiger partial charge is 0.377 e. The summed E-state index contributed by atoms with van der Waals surface area (Å²) >= 11 is 1.43. The molecule has 0 saturated heterocycles. The molecule has 0 unspecified atom stereocenters. The van der Waals surface area contributed by atoms with E-state index in [9.17, 15) is 4.39 Å². The Labute approximate surface area is 84.9 Å². The van der Waals surface area contributed by atoms with Crippen LogP contribution >= 0.6 is 11.8 Å². The van der Waals surface area contributed by atoms with Crippen molar-refractivity contribution < 1.29 is 4.39 Å². The van der Waals surface area contributed by atoms with Gasteiger partial charge in [-0.15, -0.1) is 5.10 Å². The van der Waals surface area contributed by atoms with Gasteiger partial charge in [-0.1, -0.05) is 23.9 Å². The first kappa shape index (κ1) is 9.21. The lowest BCUT2D eigenvalue weighted by molar-refractivity contribution is 0.628. The molecule has 1 aromatic carbocycles. The van der Waals surface area contributed by atoms with E-state index in [2.05, 4.69) is 10.2 Å². The number of benzene rings is 1. The highest BCUT2D eigenvalue weighted by molar-refractivity contribution is 8.14. The first-order valence-corrected chi connectivity index (χ1v) is 5.03. The van der Waals surface area contributed by atoms with Gasteiger partial charge in [-0.25, -0.2) is 4.39 Å². The van der Waals surface area contributed by atoms with Crippen molar-refractivity contribution in [1.29, 1.82) is 0 Å². The Morgan fingerprint density at radius 1 is 1.21 bits per heavy atom. The van der Waals surface area contributed by atoms with E-state index >= 15 is 0 Å². The molecule has 14 heavy (non-hydrogen) atoms. The number of halogens is 1. The van der Waals surface area contributed by atoms with Gasteiger partial charge in [0.1, 0.15) is 5.82 Å². The third-order valence-electron chi connectivity index (χ3n) is 1.80. The van der Waals surface area contributed by atoms with E-state index in [-0.39, 0.29) is 5.82 Å². The van der Waals surface area contributed by atoms with E-state index in [1.807, 2.05) is 0 Å². The maximum atomic E-state index is 12.6. The lowest BCUT2D eigenvalue weighted by atomic mass is 10.1. The van der Waals surface area contributed by atoms with Crippen LogP contribution in [0.5, 0.6) is 0 Å². The zero-order valence-corrected chi connectivity index (χ0v) is 8.09. The van der Waals surface area contributed by atoms with Crippen LogP contribution in [0.3, 0.4) is 0 Å². The fourth-order valence-electron chi connectivity index (χ4n) is 1.09. The first-order chi connectivity index (χ1) is 6.75. The summed E-state index contributed by atoms with van der Waals surface area (Å²) in [5.41, 5.74) is 7.15. The van der Waals surface area contributed by atoms with Gasteiger partial charge in [-0.05, 0) is 17.7 Å². The molecule has 1 heterocycles. The third kappa shape index (κ3) is 1.93. The van der Waals surface area contributed by atoms with Crippen LogP contribution in [-0.4, -0.2) is 16.6 Å². The highest BCUT2D eigenvalue weighted by Crippen LogP contribution is 2.13. The number of hydrogen-bond donors (Lipinski definition) is 1. The highest BCUT2D eigenvalue weighted by atomic mass is 32.2. The van der Waals surface area contributed by atoms with Crippen LogP contribution in [0, 0.1) is 5.82 Å². The predicted molar refractivity (Wildman–Crippen MR) is 57.0 cm³/mol. The fourth-order valence-corrected chi connectivity index (χ4v) is 1.70. The van der Waals surface area contributed by atoms with Gasteiger partial charge in [-0.2, -0.15) is 5.10 Å². The normalized spacial score (nSPS) is 16.1. The second kappa shape index (κ2) is 3.79. The second-order valence-corrected chi connectivity index (χ2v) is 3.78. The van der Waals surface area contributed by atoms with Gasteiger partial charge in [0.15, 0.2) is 5.17 Å². The van der Waals surface area contributed by atoms with Gasteiger partial charge in [-0.3, -0.25) is 0 Å². The van der Waals surface area contributed by atoms with Crippen LogP contribution in [-0.2, 0) is 0 Å². The van der Waals surface area contributed by atoms with Crippen molar-refractivity contribution in [3.8, 4) is 0 Å². The standard InChI is InChI=1S/C9H8FN3S/c10-7-3-1-6(2-4-7)8-5-14-9(11)13-12-8/h1-4H,5H2,(H2,11,13). The topological polar surface area (TPSA) is 50.7 Å². The maximum absolute atomic E-state index is 12.6. The maximum Gasteiger partial charge on any atom is 0.180 e. The summed E-state index contributed by atoms with van der Waals surface area (Å²) < 4.78 is 12.6. The summed E-state index contributed by atoms with van der Waals surface area (Å²) in [4.78, 5) is 0. The van der Waals surface area contributed by atoms with Crippen molar-refractivity contribution in [2.45, 2.75) is 0 Å². The van der Waals surface area contributed by atoms with Gasteiger partial charge in [0, 0.05) is 5.75 Å². The van der Waals surface area contributed by atoms with Crippen molar-refractivity contribution in [3.05, 3.63) is 35.6 Å². The number of nitrogens with two attached hydrogens (primary N) is 1. The lowest BCUT2D eigenvalue weighted by Gasteiger charge is -2.08. The molecule has 1 aliphatic rings. The molecule has 0 bridgehead atoms. The number of amidine groups is 1. The fraction of sp³-hybridized carbons (Fsp3) is 0.111. The minimum Gasteiger partial charge on any atom is -0.377 e. The highest BCUT2D eigenvalue weighted by Gasteiger charge is 2.09. The van der Waals surface area contributed by atoms with E-state index in [4.69, 9.17) is 5.73 Å². The molecule has 3 nitrogen and oxygen atoms in total. The molecule has 1 aromatic rings. The number of rotatable bonds is 1. The summed E-state index contributed by atoms with van der Waals surface area (Å²) in [6.07, 6.45) is 0. The Morgan fingerprint density at radius 3 is 2.50 bits per heavy atom.